The highest BCUT2D eigenvalue weighted by Gasteiger charge is 2.37. The zero-order valence-corrected chi connectivity index (χ0v) is 50.3. The van der Waals surface area contributed by atoms with Gasteiger partial charge in [0.15, 0.2) is 0 Å². The predicted octanol–water partition coefficient (Wildman–Crippen LogP) is 20.1. The van der Waals surface area contributed by atoms with E-state index in [1.165, 1.54) is 46.0 Å². The summed E-state index contributed by atoms with van der Waals surface area (Å²) in [5.41, 5.74) is 4.28. The molecule has 0 unspecified atom stereocenters. The third-order valence-electron chi connectivity index (χ3n) is 10.6. The van der Waals surface area contributed by atoms with E-state index in [1.54, 1.807) is 19.9 Å². The number of hydrogen-bond acceptors (Lipinski definition) is 6. The van der Waals surface area contributed by atoms with Crippen LogP contribution in [0.2, 0.25) is 0 Å². The minimum Gasteiger partial charge on any atom is -0.374 e. The number of hydrogen-bond donors (Lipinski definition) is 0. The molecule has 0 saturated heterocycles. The molecule has 0 atom stereocenters. The number of ether oxygens (including phenoxy) is 6. The molecule has 0 N–H and O–H groups in total. The Labute approximate surface area is 494 Å². The summed E-state index contributed by atoms with van der Waals surface area (Å²) in [6, 6.07) is 38.5. The first-order valence-corrected chi connectivity index (χ1v) is 27.2. The fourth-order valence-corrected chi connectivity index (χ4v) is 6.27. The van der Waals surface area contributed by atoms with Crippen molar-refractivity contribution in [1.29, 1.82) is 0 Å². The van der Waals surface area contributed by atoms with Crippen LogP contribution in [0.4, 0.5) is 43.9 Å². The van der Waals surface area contributed by atoms with Gasteiger partial charge in [-0.3, -0.25) is 0 Å². The fraction of sp³-hybridized carbons (Fsp3) is 0.441. The maximum atomic E-state index is 12.6. The van der Waals surface area contributed by atoms with Gasteiger partial charge >= 0.3 is 18.5 Å². The van der Waals surface area contributed by atoms with Crippen molar-refractivity contribution >= 4 is 0 Å². The van der Waals surface area contributed by atoms with Crippen molar-refractivity contribution in [2.75, 3.05) is 0 Å². The molecule has 6 aromatic rings. The Balaban J connectivity index is 0.000000993. The van der Waals surface area contributed by atoms with Gasteiger partial charge in [-0.1, -0.05) is 115 Å². The first-order valence-electron chi connectivity index (χ1n) is 27.2. The third-order valence-corrected chi connectivity index (χ3v) is 10.6. The summed E-state index contributed by atoms with van der Waals surface area (Å²) in [7, 11) is 0. The van der Waals surface area contributed by atoms with Crippen LogP contribution in [0.3, 0.4) is 0 Å². The smallest absolute Gasteiger partial charge is 0.374 e. The molecule has 0 aromatic heterocycles. The zero-order valence-electron chi connectivity index (χ0n) is 50.3. The van der Waals surface area contributed by atoms with E-state index in [2.05, 4.69) is 80.4 Å². The Kier molecular flexibility index (Phi) is 37.4. The lowest BCUT2D eigenvalue weighted by Gasteiger charge is -2.15. The Bertz CT molecular complexity index is 2620. The van der Waals surface area contributed by atoms with E-state index in [9.17, 15) is 43.9 Å². The van der Waals surface area contributed by atoms with Gasteiger partial charge in [-0.15, -0.1) is 6.42 Å². The topological polar surface area (TPSA) is 55.4 Å². The van der Waals surface area contributed by atoms with Gasteiger partial charge in [-0.05, 0) is 179 Å². The lowest BCUT2D eigenvalue weighted by molar-refractivity contribution is -0.143. The minimum atomic E-state index is -4.83. The summed E-state index contributed by atoms with van der Waals surface area (Å²) in [6.07, 6.45) is -8.12. The average Bonchev–Trinajstić information content (AvgIpc) is 3.01. The van der Waals surface area contributed by atoms with Crippen molar-refractivity contribution in [3.63, 3.8) is 0 Å². The van der Waals surface area contributed by atoms with Gasteiger partial charge in [-0.2, -0.15) is 39.5 Å². The van der Waals surface area contributed by atoms with Crippen molar-refractivity contribution in [1.82, 2.24) is 0 Å². The van der Waals surface area contributed by atoms with Crippen molar-refractivity contribution in [3.8, 4) is 12.3 Å². The van der Waals surface area contributed by atoms with Crippen LogP contribution in [0, 0.1) is 32.0 Å². The Morgan fingerprint density at radius 3 is 0.940 bits per heavy atom. The first-order chi connectivity index (χ1) is 38.7. The maximum absolute atomic E-state index is 12.6. The SMILES string of the molecule is C.C#Cc1cc(COC(C)C)cc(C(F)(F)F)c1.CC(C)OCc1cc(C(F)(F)F)cc(C(F)(F)F)c1.CC(C)OCc1cccc(F)c1.CC(C)OCc1ccccc1.Cc1ccc(COC(C)C)cc1.Cc1ccc(COC(C)C)cc1. The molecule has 84 heavy (non-hydrogen) atoms. The highest BCUT2D eigenvalue weighted by molar-refractivity contribution is 5.40. The number of terminal acetylenes is 1. The Morgan fingerprint density at radius 2 is 0.631 bits per heavy atom. The first kappa shape index (κ1) is 77.9. The molecule has 0 saturated carbocycles. The van der Waals surface area contributed by atoms with Crippen LogP contribution in [0.1, 0.15) is 157 Å². The van der Waals surface area contributed by atoms with Crippen LogP contribution in [0.5, 0.6) is 0 Å². The number of aryl methyl sites for hydroxylation is 2. The van der Waals surface area contributed by atoms with Gasteiger partial charge in [0.1, 0.15) is 5.82 Å². The van der Waals surface area contributed by atoms with E-state index < -0.39 is 35.2 Å². The average molecular weight is 1190 g/mol. The lowest BCUT2D eigenvalue weighted by Crippen LogP contribution is -2.12. The molecule has 466 valence electrons. The molecular formula is C68H88F10O6. The van der Waals surface area contributed by atoms with Crippen LogP contribution in [0.25, 0.3) is 0 Å². The van der Waals surface area contributed by atoms with Gasteiger partial charge in [-0.25, -0.2) is 4.39 Å². The number of benzene rings is 6. The summed E-state index contributed by atoms with van der Waals surface area (Å²) < 4.78 is 157. The van der Waals surface area contributed by atoms with E-state index in [0.29, 0.717) is 42.6 Å². The Morgan fingerprint density at radius 1 is 0.345 bits per heavy atom. The van der Waals surface area contributed by atoms with E-state index >= 15 is 0 Å². The minimum absolute atomic E-state index is 0. The molecule has 0 spiro atoms. The van der Waals surface area contributed by atoms with Crippen LogP contribution in [0.15, 0.2) is 140 Å². The fourth-order valence-electron chi connectivity index (χ4n) is 6.27. The van der Waals surface area contributed by atoms with Crippen molar-refractivity contribution < 1.29 is 72.3 Å². The second kappa shape index (κ2) is 40.3. The summed E-state index contributed by atoms with van der Waals surface area (Å²) in [6.45, 7) is 29.8. The second-order valence-corrected chi connectivity index (χ2v) is 20.7. The normalized spacial score (nSPS) is 11.2. The largest absolute Gasteiger partial charge is 0.416 e. The van der Waals surface area contributed by atoms with Crippen LogP contribution in [-0.2, 0) is 86.6 Å². The molecule has 0 bridgehead atoms. The molecule has 0 radical (unpaired) electrons. The van der Waals surface area contributed by atoms with E-state index in [4.69, 9.17) is 34.8 Å². The van der Waals surface area contributed by atoms with Gasteiger partial charge in [0.05, 0.1) is 93.0 Å². The quantitative estimate of drug-likeness (QED) is 0.0631. The molecule has 0 aliphatic rings. The van der Waals surface area contributed by atoms with E-state index in [0.717, 1.165) is 37.5 Å². The molecule has 6 nitrogen and oxygen atoms in total. The molecule has 0 heterocycles. The number of rotatable bonds is 18. The van der Waals surface area contributed by atoms with Gasteiger partial charge in [0.2, 0.25) is 0 Å². The molecule has 0 amide bonds. The number of alkyl halides is 9. The van der Waals surface area contributed by atoms with Crippen LogP contribution < -0.4 is 0 Å². The van der Waals surface area contributed by atoms with Crippen LogP contribution >= 0.6 is 0 Å². The van der Waals surface area contributed by atoms with Crippen molar-refractivity contribution in [3.05, 3.63) is 212 Å². The molecular weight excluding hydrogens is 1100 g/mol. The summed E-state index contributed by atoms with van der Waals surface area (Å²) in [4.78, 5) is 0. The molecule has 0 fully saturated rings. The maximum Gasteiger partial charge on any atom is 0.416 e. The van der Waals surface area contributed by atoms with Crippen molar-refractivity contribution in [2.45, 2.75) is 199 Å². The van der Waals surface area contributed by atoms with Crippen LogP contribution in [-0.4, -0.2) is 36.6 Å². The van der Waals surface area contributed by atoms with Crippen molar-refractivity contribution in [2.24, 2.45) is 0 Å². The number of halogens is 10. The molecule has 16 heteroatoms. The molecule has 0 aliphatic carbocycles. The highest BCUT2D eigenvalue weighted by Crippen LogP contribution is 2.37. The lowest BCUT2D eigenvalue weighted by atomic mass is 10.1. The summed E-state index contributed by atoms with van der Waals surface area (Å²) >= 11 is 0. The summed E-state index contributed by atoms with van der Waals surface area (Å²) in [5.74, 6) is 2.00. The highest BCUT2D eigenvalue weighted by atomic mass is 19.4. The standard InChI is InChI=1S/C13H13F3O.C12H12F6O.2C11H16O.C10H13FO.C10H14O.CH4/c1-4-10-5-11(8-17-9(2)3)7-12(6-10)13(14,15)16;1-7(2)19-6-8-3-9(11(13,14)15)5-10(4-8)12(16,17)18;2*1-9(2)12-8-11-6-4-10(3)5-7-11;1-8(2)12-7-9-4-3-5-10(11)6-9;1-9(2)11-8-10-6-4-3-5-7-10;/h1,5-7,9H,8H2,2-3H3;3-5,7H,6H2,1-2H3;2*4-7,9H,8H2,1-3H3;3-6,8H,7H2,1-2H3;3-7,9H,8H2,1-2H3;1H4. The van der Waals surface area contributed by atoms with E-state index in [-0.39, 0.29) is 62.0 Å². The zero-order chi connectivity index (χ0) is 62.9. The second-order valence-electron chi connectivity index (χ2n) is 20.7. The van der Waals surface area contributed by atoms with Gasteiger partial charge in [0, 0.05) is 5.56 Å². The monoisotopic (exact) mass is 1190 g/mol. The van der Waals surface area contributed by atoms with Gasteiger partial charge < -0.3 is 28.4 Å². The van der Waals surface area contributed by atoms with Gasteiger partial charge in [0.25, 0.3) is 0 Å². The third kappa shape index (κ3) is 38.0. The Hall–Kier alpha value is -6.06. The van der Waals surface area contributed by atoms with E-state index in [1.807, 2.05) is 93.5 Å². The molecule has 0 aliphatic heterocycles. The molecule has 6 rings (SSSR count). The predicted molar refractivity (Wildman–Crippen MR) is 317 cm³/mol. The summed E-state index contributed by atoms with van der Waals surface area (Å²) in [5, 5.41) is 0. The molecule has 6 aromatic carbocycles.